The number of hydrogen-bond acceptors (Lipinski definition) is 3. The van der Waals surface area contributed by atoms with Crippen LogP contribution in [0.4, 0.5) is 0 Å². The van der Waals surface area contributed by atoms with E-state index in [0.29, 0.717) is 12.1 Å². The summed E-state index contributed by atoms with van der Waals surface area (Å²) in [7, 11) is 6.43. The van der Waals surface area contributed by atoms with Crippen LogP contribution in [-0.4, -0.2) is 56.1 Å². The summed E-state index contributed by atoms with van der Waals surface area (Å²) >= 11 is 0. The van der Waals surface area contributed by atoms with Crippen molar-refractivity contribution in [3.8, 4) is 0 Å². The highest BCUT2D eigenvalue weighted by atomic mass is 15.2. The molecule has 0 aliphatic carbocycles. The molecule has 0 aromatic carbocycles. The summed E-state index contributed by atoms with van der Waals surface area (Å²) in [4.78, 5) is 4.64. The first-order chi connectivity index (χ1) is 6.11. The Balaban J connectivity index is 2.19. The van der Waals surface area contributed by atoms with E-state index in [1.807, 2.05) is 0 Å². The fourth-order valence-corrected chi connectivity index (χ4v) is 2.09. The van der Waals surface area contributed by atoms with Crippen LogP contribution in [0.1, 0.15) is 19.3 Å². The van der Waals surface area contributed by atoms with Crippen molar-refractivity contribution >= 4 is 0 Å². The standard InChI is InChI=1S/C10H23N3/c1-12(2)7-4-5-10-9(11)6-8-13(10)3/h9-10H,4-8,11H2,1-3H3. The predicted molar refractivity (Wildman–Crippen MR) is 56.8 cm³/mol. The maximum Gasteiger partial charge on any atom is 0.0245 e. The Labute approximate surface area is 81.9 Å². The fraction of sp³-hybridized carbons (Fsp3) is 1.00. The summed E-state index contributed by atoms with van der Waals surface area (Å²) in [5.41, 5.74) is 6.03. The molecule has 1 rings (SSSR count). The third-order valence-electron chi connectivity index (χ3n) is 2.98. The largest absolute Gasteiger partial charge is 0.326 e. The van der Waals surface area contributed by atoms with Crippen LogP contribution in [0.5, 0.6) is 0 Å². The zero-order valence-electron chi connectivity index (χ0n) is 9.16. The highest BCUT2D eigenvalue weighted by Crippen LogP contribution is 2.18. The van der Waals surface area contributed by atoms with Crippen molar-refractivity contribution in [1.82, 2.24) is 9.80 Å². The molecule has 1 aliphatic rings. The van der Waals surface area contributed by atoms with Crippen molar-refractivity contribution in [1.29, 1.82) is 0 Å². The second-order valence-electron chi connectivity index (χ2n) is 4.45. The van der Waals surface area contributed by atoms with E-state index >= 15 is 0 Å². The molecule has 1 heterocycles. The number of likely N-dealkylation sites (N-methyl/N-ethyl adjacent to an activating group) is 1. The number of nitrogens with zero attached hydrogens (tertiary/aromatic N) is 2. The minimum atomic E-state index is 0.409. The number of rotatable bonds is 4. The molecule has 2 unspecified atom stereocenters. The van der Waals surface area contributed by atoms with E-state index in [1.165, 1.54) is 32.4 Å². The zero-order chi connectivity index (χ0) is 9.84. The van der Waals surface area contributed by atoms with Gasteiger partial charge >= 0.3 is 0 Å². The van der Waals surface area contributed by atoms with E-state index in [9.17, 15) is 0 Å². The van der Waals surface area contributed by atoms with Gasteiger partial charge in [-0.1, -0.05) is 0 Å². The van der Waals surface area contributed by atoms with Crippen molar-refractivity contribution in [2.45, 2.75) is 31.3 Å². The molecule has 13 heavy (non-hydrogen) atoms. The van der Waals surface area contributed by atoms with Gasteiger partial charge in [0.25, 0.3) is 0 Å². The Kier molecular flexibility index (Phi) is 4.16. The average Bonchev–Trinajstić information content (AvgIpc) is 2.34. The van der Waals surface area contributed by atoms with E-state index in [-0.39, 0.29) is 0 Å². The Morgan fingerprint density at radius 2 is 2.15 bits per heavy atom. The number of hydrogen-bond donors (Lipinski definition) is 1. The average molecular weight is 185 g/mol. The van der Waals surface area contributed by atoms with Gasteiger partial charge in [-0.3, -0.25) is 0 Å². The summed E-state index contributed by atoms with van der Waals surface area (Å²) in [6.07, 6.45) is 3.68. The Bertz CT molecular complexity index is 137. The Morgan fingerprint density at radius 1 is 1.46 bits per heavy atom. The van der Waals surface area contributed by atoms with Crippen LogP contribution in [0.25, 0.3) is 0 Å². The van der Waals surface area contributed by atoms with Crippen LogP contribution in [-0.2, 0) is 0 Å². The van der Waals surface area contributed by atoms with Crippen LogP contribution in [0, 0.1) is 0 Å². The lowest BCUT2D eigenvalue weighted by Crippen LogP contribution is -2.37. The third-order valence-corrected chi connectivity index (χ3v) is 2.98. The van der Waals surface area contributed by atoms with Crippen LogP contribution < -0.4 is 5.73 Å². The van der Waals surface area contributed by atoms with Gasteiger partial charge in [0.2, 0.25) is 0 Å². The van der Waals surface area contributed by atoms with Gasteiger partial charge in [-0.25, -0.2) is 0 Å². The first-order valence-electron chi connectivity index (χ1n) is 5.22. The molecular formula is C10H23N3. The Morgan fingerprint density at radius 3 is 2.62 bits per heavy atom. The molecule has 1 fully saturated rings. The second kappa shape index (κ2) is 4.94. The normalized spacial score (nSPS) is 30.2. The highest BCUT2D eigenvalue weighted by molar-refractivity contribution is 4.87. The summed E-state index contributed by atoms with van der Waals surface area (Å²) < 4.78 is 0. The Hall–Kier alpha value is -0.120. The molecule has 0 bridgehead atoms. The molecule has 0 amide bonds. The SMILES string of the molecule is CN(C)CCCC1C(N)CCN1C. The van der Waals surface area contributed by atoms with Gasteiger partial charge in [0.1, 0.15) is 0 Å². The molecule has 0 aromatic rings. The molecule has 3 nitrogen and oxygen atoms in total. The molecule has 0 radical (unpaired) electrons. The lowest BCUT2D eigenvalue weighted by Gasteiger charge is -2.23. The van der Waals surface area contributed by atoms with Crippen molar-refractivity contribution in [3.05, 3.63) is 0 Å². The molecule has 0 aromatic heterocycles. The first kappa shape index (κ1) is 11.0. The molecule has 1 saturated heterocycles. The van der Waals surface area contributed by atoms with Crippen molar-refractivity contribution in [2.75, 3.05) is 34.2 Å². The van der Waals surface area contributed by atoms with Gasteiger partial charge in [-0.2, -0.15) is 0 Å². The van der Waals surface area contributed by atoms with Gasteiger partial charge in [0.15, 0.2) is 0 Å². The van der Waals surface area contributed by atoms with Gasteiger partial charge in [-0.15, -0.1) is 0 Å². The van der Waals surface area contributed by atoms with E-state index < -0.39 is 0 Å². The van der Waals surface area contributed by atoms with E-state index in [1.54, 1.807) is 0 Å². The van der Waals surface area contributed by atoms with Crippen molar-refractivity contribution < 1.29 is 0 Å². The molecule has 2 atom stereocenters. The molecule has 3 heteroatoms. The van der Waals surface area contributed by atoms with E-state index in [2.05, 4.69) is 30.9 Å². The molecule has 78 valence electrons. The molecule has 1 aliphatic heterocycles. The molecule has 0 saturated carbocycles. The van der Waals surface area contributed by atoms with Crippen LogP contribution in [0.15, 0.2) is 0 Å². The van der Waals surface area contributed by atoms with Crippen molar-refractivity contribution in [3.63, 3.8) is 0 Å². The quantitative estimate of drug-likeness (QED) is 0.686. The molecular weight excluding hydrogens is 162 g/mol. The zero-order valence-corrected chi connectivity index (χ0v) is 9.16. The van der Waals surface area contributed by atoms with Gasteiger partial charge < -0.3 is 15.5 Å². The third kappa shape index (κ3) is 3.25. The second-order valence-corrected chi connectivity index (χ2v) is 4.45. The fourth-order valence-electron chi connectivity index (χ4n) is 2.09. The monoisotopic (exact) mass is 185 g/mol. The first-order valence-corrected chi connectivity index (χ1v) is 5.22. The van der Waals surface area contributed by atoms with Gasteiger partial charge in [-0.05, 0) is 53.5 Å². The predicted octanol–water partition coefficient (Wildman–Crippen LogP) is 0.360. The van der Waals surface area contributed by atoms with E-state index in [4.69, 9.17) is 5.73 Å². The highest BCUT2D eigenvalue weighted by Gasteiger charge is 2.27. The molecule has 2 N–H and O–H groups in total. The van der Waals surface area contributed by atoms with Crippen molar-refractivity contribution in [2.24, 2.45) is 5.73 Å². The lowest BCUT2D eigenvalue weighted by molar-refractivity contribution is 0.266. The van der Waals surface area contributed by atoms with Gasteiger partial charge in [0.05, 0.1) is 0 Å². The minimum absolute atomic E-state index is 0.409. The number of nitrogens with two attached hydrogens (primary N) is 1. The maximum atomic E-state index is 6.03. The van der Waals surface area contributed by atoms with E-state index in [0.717, 1.165) is 0 Å². The summed E-state index contributed by atoms with van der Waals surface area (Å²) in [6, 6.07) is 1.03. The summed E-state index contributed by atoms with van der Waals surface area (Å²) in [6.45, 7) is 2.35. The summed E-state index contributed by atoms with van der Waals surface area (Å²) in [5, 5.41) is 0. The smallest absolute Gasteiger partial charge is 0.0245 e. The minimum Gasteiger partial charge on any atom is -0.326 e. The van der Waals surface area contributed by atoms with Crippen LogP contribution >= 0.6 is 0 Å². The van der Waals surface area contributed by atoms with Gasteiger partial charge in [0, 0.05) is 12.1 Å². The van der Waals surface area contributed by atoms with Crippen LogP contribution in [0.3, 0.4) is 0 Å². The number of likely N-dealkylation sites (tertiary alicyclic amines) is 1. The maximum absolute atomic E-state index is 6.03. The van der Waals surface area contributed by atoms with Crippen LogP contribution in [0.2, 0.25) is 0 Å². The molecule has 0 spiro atoms. The lowest BCUT2D eigenvalue weighted by atomic mass is 10.0. The summed E-state index contributed by atoms with van der Waals surface area (Å²) in [5.74, 6) is 0. The topological polar surface area (TPSA) is 32.5 Å².